The molecule has 0 unspecified atom stereocenters. The number of rotatable bonds is 4. The van der Waals surface area contributed by atoms with E-state index in [4.69, 9.17) is 4.52 Å². The summed E-state index contributed by atoms with van der Waals surface area (Å²) in [6.07, 6.45) is 1.81. The van der Waals surface area contributed by atoms with Crippen LogP contribution in [0.5, 0.6) is 0 Å². The maximum Gasteiger partial charge on any atom is 0.138 e. The predicted molar refractivity (Wildman–Crippen MR) is 65.5 cm³/mol. The Hall–Kier alpha value is -1.68. The molecule has 0 amide bonds. The van der Waals surface area contributed by atoms with Crippen LogP contribution in [0.4, 0.5) is 0 Å². The zero-order valence-electron chi connectivity index (χ0n) is 10.4. The molecule has 0 saturated carbocycles. The van der Waals surface area contributed by atoms with Gasteiger partial charge in [-0.05, 0) is 32.9 Å². The van der Waals surface area contributed by atoms with Crippen LogP contribution in [0.1, 0.15) is 35.7 Å². The molecule has 2 aromatic rings. The first-order valence-corrected chi connectivity index (χ1v) is 5.74. The van der Waals surface area contributed by atoms with Crippen LogP contribution in [-0.2, 0) is 6.54 Å². The van der Waals surface area contributed by atoms with Crippen LogP contribution in [-0.4, -0.2) is 10.1 Å². The fraction of sp³-hybridized carbons (Fsp3) is 0.385. The van der Waals surface area contributed by atoms with E-state index in [1.807, 2.05) is 38.2 Å². The number of pyridine rings is 1. The summed E-state index contributed by atoms with van der Waals surface area (Å²) in [6.45, 7) is 6.74. The second kappa shape index (κ2) is 5.10. The molecule has 0 aliphatic heterocycles. The summed E-state index contributed by atoms with van der Waals surface area (Å²) in [4.78, 5) is 4.32. The highest BCUT2D eigenvalue weighted by Gasteiger charge is 2.11. The topological polar surface area (TPSA) is 51.0 Å². The lowest BCUT2D eigenvalue weighted by atomic mass is 10.1. The van der Waals surface area contributed by atoms with Gasteiger partial charge in [-0.2, -0.15) is 0 Å². The van der Waals surface area contributed by atoms with E-state index in [0.29, 0.717) is 0 Å². The number of hydrogen-bond acceptors (Lipinski definition) is 4. The number of aromatic nitrogens is 2. The molecule has 4 heteroatoms. The molecule has 1 N–H and O–H groups in total. The highest BCUT2D eigenvalue weighted by atomic mass is 16.5. The van der Waals surface area contributed by atoms with E-state index in [0.717, 1.165) is 29.3 Å². The van der Waals surface area contributed by atoms with Crippen LogP contribution < -0.4 is 5.32 Å². The van der Waals surface area contributed by atoms with E-state index in [1.165, 1.54) is 0 Å². The molecule has 90 valence electrons. The van der Waals surface area contributed by atoms with E-state index in [-0.39, 0.29) is 6.04 Å². The van der Waals surface area contributed by atoms with Crippen LogP contribution in [0.15, 0.2) is 28.9 Å². The van der Waals surface area contributed by atoms with Gasteiger partial charge in [0.25, 0.3) is 0 Å². The van der Waals surface area contributed by atoms with Gasteiger partial charge in [-0.3, -0.25) is 4.98 Å². The van der Waals surface area contributed by atoms with Crippen molar-refractivity contribution in [3.05, 3.63) is 47.1 Å². The highest BCUT2D eigenvalue weighted by molar-refractivity contribution is 5.20. The van der Waals surface area contributed by atoms with Gasteiger partial charge >= 0.3 is 0 Å². The molecular weight excluding hydrogens is 214 g/mol. The third-order valence-corrected chi connectivity index (χ3v) is 2.90. The SMILES string of the molecule is Cc1noc(C)c1CN[C@H](C)c1ccccn1. The van der Waals surface area contributed by atoms with Crippen molar-refractivity contribution in [1.29, 1.82) is 0 Å². The van der Waals surface area contributed by atoms with E-state index in [9.17, 15) is 0 Å². The van der Waals surface area contributed by atoms with Gasteiger partial charge in [-0.1, -0.05) is 11.2 Å². The number of nitrogens with one attached hydrogen (secondary N) is 1. The van der Waals surface area contributed by atoms with Crippen molar-refractivity contribution in [2.24, 2.45) is 0 Å². The first-order valence-electron chi connectivity index (χ1n) is 5.74. The average molecular weight is 231 g/mol. The predicted octanol–water partition coefficient (Wildman–Crippen LogP) is 2.54. The summed E-state index contributed by atoms with van der Waals surface area (Å²) >= 11 is 0. The molecule has 2 aromatic heterocycles. The Labute approximate surface area is 101 Å². The fourth-order valence-corrected chi connectivity index (χ4v) is 1.75. The van der Waals surface area contributed by atoms with Crippen LogP contribution in [0.3, 0.4) is 0 Å². The Bertz CT molecular complexity index is 459. The smallest absolute Gasteiger partial charge is 0.138 e. The second-order valence-corrected chi connectivity index (χ2v) is 4.16. The van der Waals surface area contributed by atoms with Crippen molar-refractivity contribution < 1.29 is 4.52 Å². The van der Waals surface area contributed by atoms with Crippen LogP contribution >= 0.6 is 0 Å². The van der Waals surface area contributed by atoms with Crippen LogP contribution in [0.2, 0.25) is 0 Å². The maximum absolute atomic E-state index is 5.13. The zero-order chi connectivity index (χ0) is 12.3. The minimum Gasteiger partial charge on any atom is -0.361 e. The summed E-state index contributed by atoms with van der Waals surface area (Å²) in [5, 5.41) is 7.36. The number of nitrogens with zero attached hydrogens (tertiary/aromatic N) is 2. The Morgan fingerprint density at radius 2 is 2.18 bits per heavy atom. The van der Waals surface area contributed by atoms with Gasteiger partial charge < -0.3 is 9.84 Å². The first-order chi connectivity index (χ1) is 8.18. The molecule has 1 atom stereocenters. The lowest BCUT2D eigenvalue weighted by Gasteiger charge is -2.12. The monoisotopic (exact) mass is 231 g/mol. The summed E-state index contributed by atoms with van der Waals surface area (Å²) in [7, 11) is 0. The summed E-state index contributed by atoms with van der Waals surface area (Å²) in [6, 6.07) is 6.15. The van der Waals surface area contributed by atoms with Gasteiger partial charge in [0.15, 0.2) is 0 Å². The largest absolute Gasteiger partial charge is 0.361 e. The summed E-state index contributed by atoms with van der Waals surface area (Å²) in [5.41, 5.74) is 3.12. The molecule has 0 aromatic carbocycles. The van der Waals surface area contributed by atoms with Crippen LogP contribution in [0, 0.1) is 13.8 Å². The third-order valence-electron chi connectivity index (χ3n) is 2.90. The average Bonchev–Trinajstić information content (AvgIpc) is 2.67. The molecule has 0 fully saturated rings. The lowest BCUT2D eigenvalue weighted by Crippen LogP contribution is -2.19. The fourth-order valence-electron chi connectivity index (χ4n) is 1.75. The zero-order valence-corrected chi connectivity index (χ0v) is 10.4. The molecule has 0 radical (unpaired) electrons. The molecule has 4 nitrogen and oxygen atoms in total. The quantitative estimate of drug-likeness (QED) is 0.878. The van der Waals surface area contributed by atoms with E-state index < -0.39 is 0 Å². The van der Waals surface area contributed by atoms with Gasteiger partial charge in [0.2, 0.25) is 0 Å². The van der Waals surface area contributed by atoms with Gasteiger partial charge in [-0.15, -0.1) is 0 Å². The van der Waals surface area contributed by atoms with E-state index in [1.54, 1.807) is 0 Å². The van der Waals surface area contributed by atoms with Crippen molar-refractivity contribution in [3.63, 3.8) is 0 Å². The Balaban J connectivity index is 1.99. The molecule has 0 aliphatic rings. The number of hydrogen-bond donors (Lipinski definition) is 1. The van der Waals surface area contributed by atoms with Crippen molar-refractivity contribution in [2.45, 2.75) is 33.4 Å². The van der Waals surface area contributed by atoms with Crippen molar-refractivity contribution in [1.82, 2.24) is 15.5 Å². The Morgan fingerprint density at radius 1 is 1.35 bits per heavy atom. The summed E-state index contributed by atoms with van der Waals surface area (Å²) < 4.78 is 5.13. The van der Waals surface area contributed by atoms with Crippen LogP contribution in [0.25, 0.3) is 0 Å². The van der Waals surface area contributed by atoms with Gasteiger partial charge in [-0.25, -0.2) is 0 Å². The Kier molecular flexibility index (Phi) is 3.54. The normalized spacial score (nSPS) is 12.6. The van der Waals surface area contributed by atoms with Crippen molar-refractivity contribution >= 4 is 0 Å². The molecule has 0 saturated heterocycles. The molecule has 0 bridgehead atoms. The minimum atomic E-state index is 0.213. The molecule has 0 aliphatic carbocycles. The number of aryl methyl sites for hydroxylation is 2. The van der Waals surface area contributed by atoms with Gasteiger partial charge in [0.05, 0.1) is 11.4 Å². The first kappa shape index (κ1) is 11.8. The van der Waals surface area contributed by atoms with E-state index in [2.05, 4.69) is 22.4 Å². The lowest BCUT2D eigenvalue weighted by molar-refractivity contribution is 0.391. The second-order valence-electron chi connectivity index (χ2n) is 4.16. The van der Waals surface area contributed by atoms with Crippen molar-refractivity contribution in [3.8, 4) is 0 Å². The Morgan fingerprint density at radius 3 is 2.76 bits per heavy atom. The summed E-state index contributed by atoms with van der Waals surface area (Å²) in [5.74, 6) is 0.878. The minimum absolute atomic E-state index is 0.213. The molecule has 17 heavy (non-hydrogen) atoms. The molecule has 0 spiro atoms. The van der Waals surface area contributed by atoms with Gasteiger partial charge in [0.1, 0.15) is 5.76 Å². The van der Waals surface area contributed by atoms with Gasteiger partial charge in [0, 0.05) is 24.3 Å². The maximum atomic E-state index is 5.13. The van der Waals surface area contributed by atoms with E-state index >= 15 is 0 Å². The molecule has 2 heterocycles. The molecule has 2 rings (SSSR count). The third kappa shape index (κ3) is 2.71. The standard InChI is InChI=1S/C13H17N3O/c1-9-12(11(3)17-16-9)8-15-10(2)13-6-4-5-7-14-13/h4-7,10,15H,8H2,1-3H3/t10-/m1/s1. The molecular formula is C13H17N3O. The highest BCUT2D eigenvalue weighted by Crippen LogP contribution is 2.14. The van der Waals surface area contributed by atoms with Crippen molar-refractivity contribution in [2.75, 3.05) is 0 Å².